The van der Waals surface area contributed by atoms with Crippen LogP contribution < -0.4 is 5.32 Å². The highest BCUT2D eigenvalue weighted by molar-refractivity contribution is 5.83. The van der Waals surface area contributed by atoms with Crippen molar-refractivity contribution in [3.05, 3.63) is 25.3 Å². The molecule has 1 saturated carbocycles. The third kappa shape index (κ3) is 3.20. The smallest absolute Gasteiger partial charge is 0.323 e. The molecule has 1 aliphatic carbocycles. The number of carboxylic acid groups (broad SMARTS) is 1. The number of carboxylic acids is 1. The summed E-state index contributed by atoms with van der Waals surface area (Å²) >= 11 is 0. The van der Waals surface area contributed by atoms with Gasteiger partial charge in [-0.1, -0.05) is 12.2 Å². The molecule has 0 heterocycles. The predicted molar refractivity (Wildman–Crippen MR) is 69.2 cm³/mol. The molecule has 100 valence electrons. The monoisotopic (exact) mass is 252 g/mol. The van der Waals surface area contributed by atoms with Crippen molar-refractivity contribution < 1.29 is 14.7 Å². The topological polar surface area (TPSA) is 69.6 Å². The van der Waals surface area contributed by atoms with Crippen LogP contribution in [0.5, 0.6) is 0 Å². The first-order valence-corrected chi connectivity index (χ1v) is 6.04. The molecular formula is C13H20N2O3. The number of hydrogen-bond acceptors (Lipinski definition) is 3. The highest BCUT2D eigenvalue weighted by Gasteiger charge is 2.44. The van der Waals surface area contributed by atoms with Crippen LogP contribution in [-0.2, 0) is 9.59 Å². The Morgan fingerprint density at radius 2 is 1.83 bits per heavy atom. The van der Waals surface area contributed by atoms with Crippen LogP contribution in [0.3, 0.4) is 0 Å². The standard InChI is InChI=1S/C13H20N2O3/c1-3-8-15(9-4-2)11(16)10-14-13(12(17)18)6-5-7-13/h3-4,14H,1-2,5-10H2,(H,17,18). The molecule has 0 aromatic rings. The first kappa shape index (κ1) is 14.4. The molecule has 0 aromatic heterocycles. The Hall–Kier alpha value is -1.62. The summed E-state index contributed by atoms with van der Waals surface area (Å²) in [6.07, 6.45) is 5.32. The minimum Gasteiger partial charge on any atom is -0.480 e. The first-order valence-electron chi connectivity index (χ1n) is 6.04. The molecule has 0 aromatic carbocycles. The number of amides is 1. The van der Waals surface area contributed by atoms with E-state index in [1.54, 1.807) is 17.1 Å². The van der Waals surface area contributed by atoms with Crippen LogP contribution in [0.25, 0.3) is 0 Å². The van der Waals surface area contributed by atoms with Crippen LogP contribution in [-0.4, -0.2) is 47.1 Å². The maximum absolute atomic E-state index is 11.9. The molecule has 0 bridgehead atoms. The molecule has 2 N–H and O–H groups in total. The molecule has 0 aliphatic heterocycles. The van der Waals surface area contributed by atoms with E-state index in [1.165, 1.54) is 0 Å². The Labute approximate surface area is 107 Å². The van der Waals surface area contributed by atoms with Crippen LogP contribution in [0, 0.1) is 0 Å². The van der Waals surface area contributed by atoms with Gasteiger partial charge in [-0.15, -0.1) is 13.2 Å². The zero-order valence-electron chi connectivity index (χ0n) is 10.5. The number of nitrogens with zero attached hydrogens (tertiary/aromatic N) is 1. The van der Waals surface area contributed by atoms with Crippen molar-refractivity contribution in [3.8, 4) is 0 Å². The van der Waals surface area contributed by atoms with E-state index in [2.05, 4.69) is 18.5 Å². The van der Waals surface area contributed by atoms with E-state index in [4.69, 9.17) is 5.11 Å². The van der Waals surface area contributed by atoms with Crippen molar-refractivity contribution in [2.45, 2.75) is 24.8 Å². The van der Waals surface area contributed by atoms with Gasteiger partial charge in [-0.3, -0.25) is 14.9 Å². The summed E-state index contributed by atoms with van der Waals surface area (Å²) in [5, 5.41) is 12.0. The van der Waals surface area contributed by atoms with E-state index < -0.39 is 11.5 Å². The van der Waals surface area contributed by atoms with Gasteiger partial charge in [0.1, 0.15) is 5.54 Å². The molecule has 1 fully saturated rings. The first-order chi connectivity index (χ1) is 8.55. The van der Waals surface area contributed by atoms with Crippen LogP contribution >= 0.6 is 0 Å². The number of rotatable bonds is 8. The van der Waals surface area contributed by atoms with E-state index in [1.807, 2.05) is 0 Å². The minimum atomic E-state index is -0.899. The largest absolute Gasteiger partial charge is 0.480 e. The lowest BCUT2D eigenvalue weighted by atomic mass is 9.77. The van der Waals surface area contributed by atoms with E-state index in [9.17, 15) is 9.59 Å². The summed E-state index contributed by atoms with van der Waals surface area (Å²) in [5.74, 6) is -1.01. The number of carbonyl (C=O) groups excluding carboxylic acids is 1. The Morgan fingerprint density at radius 1 is 1.28 bits per heavy atom. The third-order valence-corrected chi connectivity index (χ3v) is 3.25. The van der Waals surface area contributed by atoms with Gasteiger partial charge in [0.2, 0.25) is 5.91 Å². The van der Waals surface area contributed by atoms with Crippen LogP contribution in [0.4, 0.5) is 0 Å². The van der Waals surface area contributed by atoms with Gasteiger partial charge in [-0.25, -0.2) is 0 Å². The number of nitrogens with one attached hydrogen (secondary N) is 1. The van der Waals surface area contributed by atoms with Gasteiger partial charge in [-0.2, -0.15) is 0 Å². The number of carbonyl (C=O) groups is 2. The van der Waals surface area contributed by atoms with E-state index in [0.717, 1.165) is 6.42 Å². The van der Waals surface area contributed by atoms with Crippen molar-refractivity contribution in [2.75, 3.05) is 19.6 Å². The Balaban J connectivity index is 2.50. The fraction of sp³-hybridized carbons (Fsp3) is 0.538. The zero-order chi connectivity index (χ0) is 13.6. The molecule has 0 saturated heterocycles. The van der Waals surface area contributed by atoms with Gasteiger partial charge < -0.3 is 10.0 Å². The third-order valence-electron chi connectivity index (χ3n) is 3.25. The van der Waals surface area contributed by atoms with Gasteiger partial charge in [0.25, 0.3) is 0 Å². The fourth-order valence-corrected chi connectivity index (χ4v) is 1.94. The van der Waals surface area contributed by atoms with Gasteiger partial charge in [0, 0.05) is 13.1 Å². The maximum atomic E-state index is 11.9. The summed E-state index contributed by atoms with van der Waals surface area (Å²) in [7, 11) is 0. The molecule has 0 spiro atoms. The van der Waals surface area contributed by atoms with Crippen LogP contribution in [0.2, 0.25) is 0 Å². The second kappa shape index (κ2) is 6.35. The molecule has 1 amide bonds. The van der Waals surface area contributed by atoms with E-state index in [-0.39, 0.29) is 12.5 Å². The number of hydrogen-bond donors (Lipinski definition) is 2. The fourth-order valence-electron chi connectivity index (χ4n) is 1.94. The molecule has 18 heavy (non-hydrogen) atoms. The molecule has 0 radical (unpaired) electrons. The maximum Gasteiger partial charge on any atom is 0.323 e. The van der Waals surface area contributed by atoms with Gasteiger partial charge in [-0.05, 0) is 19.3 Å². The van der Waals surface area contributed by atoms with Crippen molar-refractivity contribution in [1.82, 2.24) is 10.2 Å². The Morgan fingerprint density at radius 3 is 2.17 bits per heavy atom. The van der Waals surface area contributed by atoms with E-state index in [0.29, 0.717) is 25.9 Å². The summed E-state index contributed by atoms with van der Waals surface area (Å²) in [6.45, 7) is 8.08. The summed E-state index contributed by atoms with van der Waals surface area (Å²) in [6, 6.07) is 0. The lowest BCUT2D eigenvalue weighted by molar-refractivity contribution is -0.149. The summed E-state index contributed by atoms with van der Waals surface area (Å²) in [5.41, 5.74) is -0.899. The Bertz CT molecular complexity index is 338. The highest BCUT2D eigenvalue weighted by Crippen LogP contribution is 2.31. The molecule has 1 aliphatic rings. The molecular weight excluding hydrogens is 232 g/mol. The van der Waals surface area contributed by atoms with Crippen molar-refractivity contribution >= 4 is 11.9 Å². The normalized spacial score (nSPS) is 16.4. The average Bonchev–Trinajstić information content (AvgIpc) is 2.26. The predicted octanol–water partition coefficient (Wildman–Crippen LogP) is 0.784. The van der Waals surface area contributed by atoms with E-state index >= 15 is 0 Å². The van der Waals surface area contributed by atoms with Crippen molar-refractivity contribution in [2.24, 2.45) is 0 Å². The van der Waals surface area contributed by atoms with Gasteiger partial charge in [0.15, 0.2) is 0 Å². The van der Waals surface area contributed by atoms with Gasteiger partial charge >= 0.3 is 5.97 Å². The molecule has 0 unspecified atom stereocenters. The average molecular weight is 252 g/mol. The van der Waals surface area contributed by atoms with Crippen LogP contribution in [0.15, 0.2) is 25.3 Å². The minimum absolute atomic E-state index is 0.0357. The Kier molecular flexibility index (Phi) is 5.09. The number of aliphatic carboxylic acids is 1. The lowest BCUT2D eigenvalue weighted by Gasteiger charge is -2.38. The zero-order valence-corrected chi connectivity index (χ0v) is 10.5. The summed E-state index contributed by atoms with van der Waals surface area (Å²) < 4.78 is 0. The van der Waals surface area contributed by atoms with Crippen molar-refractivity contribution in [3.63, 3.8) is 0 Å². The SMILES string of the molecule is C=CCN(CC=C)C(=O)CNC1(C(=O)O)CCC1. The quantitative estimate of drug-likeness (QED) is 0.626. The van der Waals surface area contributed by atoms with Gasteiger partial charge in [0.05, 0.1) is 6.54 Å². The van der Waals surface area contributed by atoms with Crippen molar-refractivity contribution in [1.29, 1.82) is 0 Å². The molecule has 5 nitrogen and oxygen atoms in total. The molecule has 5 heteroatoms. The van der Waals surface area contributed by atoms with Crippen LogP contribution in [0.1, 0.15) is 19.3 Å². The molecule has 1 rings (SSSR count). The lowest BCUT2D eigenvalue weighted by Crippen LogP contribution is -2.59. The second-order valence-electron chi connectivity index (χ2n) is 4.47. The second-order valence-corrected chi connectivity index (χ2v) is 4.47. The molecule has 0 atom stereocenters. The summed E-state index contributed by atoms with van der Waals surface area (Å²) in [4.78, 5) is 24.6. The highest BCUT2D eigenvalue weighted by atomic mass is 16.4.